The topological polar surface area (TPSA) is 79.9 Å². The maximum absolute atomic E-state index is 12.9. The van der Waals surface area contributed by atoms with E-state index in [4.69, 9.17) is 9.47 Å². The van der Waals surface area contributed by atoms with Crippen LogP contribution in [0.3, 0.4) is 0 Å². The van der Waals surface area contributed by atoms with E-state index in [1.807, 2.05) is 0 Å². The van der Waals surface area contributed by atoms with Crippen molar-refractivity contribution in [2.75, 3.05) is 32.8 Å². The molecular formula is C22H31F2N3O4. The first-order chi connectivity index (χ1) is 14.7. The van der Waals surface area contributed by atoms with Gasteiger partial charge in [0.15, 0.2) is 5.60 Å². The van der Waals surface area contributed by atoms with Gasteiger partial charge >= 0.3 is 0 Å². The molecule has 172 valence electrons. The average Bonchev–Trinajstić information content (AvgIpc) is 2.68. The minimum Gasteiger partial charge on any atom is -0.477 e. The molecule has 2 saturated heterocycles. The van der Waals surface area contributed by atoms with Gasteiger partial charge in [-0.05, 0) is 45.2 Å². The van der Waals surface area contributed by atoms with Crippen LogP contribution in [0.2, 0.25) is 0 Å². The first kappa shape index (κ1) is 23.4. The third-order valence-electron chi connectivity index (χ3n) is 5.65. The van der Waals surface area contributed by atoms with Crippen LogP contribution in [0.1, 0.15) is 43.5 Å². The summed E-state index contributed by atoms with van der Waals surface area (Å²) in [6.45, 7) is 5.24. The maximum Gasteiger partial charge on any atom is 0.263 e. The summed E-state index contributed by atoms with van der Waals surface area (Å²) in [7, 11) is 0. The number of hydrogen-bond acceptors (Lipinski definition) is 5. The van der Waals surface area contributed by atoms with E-state index >= 15 is 0 Å². The molecule has 0 aromatic heterocycles. The van der Waals surface area contributed by atoms with Crippen LogP contribution in [0.4, 0.5) is 8.78 Å². The number of alkyl halides is 2. The smallest absolute Gasteiger partial charge is 0.263 e. The molecule has 2 aliphatic heterocycles. The number of piperidine rings is 1. The summed E-state index contributed by atoms with van der Waals surface area (Å²) in [4.78, 5) is 27.1. The SMILES string of the molecule is CC(C)(Oc1ccccc1C(=O)NCC1CCO1)C(=O)NC1CCN(CC(F)F)CC1. The zero-order chi connectivity index (χ0) is 22.4. The average molecular weight is 440 g/mol. The second-order valence-electron chi connectivity index (χ2n) is 8.54. The number of nitrogens with one attached hydrogen (secondary N) is 2. The maximum atomic E-state index is 12.9. The van der Waals surface area contributed by atoms with Crippen LogP contribution >= 0.6 is 0 Å². The number of amides is 2. The predicted octanol–water partition coefficient (Wildman–Crippen LogP) is 2.21. The standard InChI is InChI=1S/C22H31F2N3O4/c1-22(2,21(29)26-15-7-10-27(11-8-15)14-19(23)24)31-18-6-4-3-5-17(18)20(28)25-13-16-9-12-30-16/h3-6,15-16,19H,7-14H2,1-2H3,(H,25,28)(H,26,29). The molecular weight excluding hydrogens is 408 g/mol. The highest BCUT2D eigenvalue weighted by Gasteiger charge is 2.34. The molecule has 1 unspecified atom stereocenters. The summed E-state index contributed by atoms with van der Waals surface area (Å²) in [5, 5.41) is 5.80. The van der Waals surface area contributed by atoms with Crippen LogP contribution in [0.5, 0.6) is 5.75 Å². The van der Waals surface area contributed by atoms with Crippen molar-refractivity contribution in [2.24, 2.45) is 0 Å². The highest BCUT2D eigenvalue weighted by atomic mass is 19.3. The van der Waals surface area contributed by atoms with Crippen molar-refractivity contribution in [1.29, 1.82) is 0 Å². The summed E-state index contributed by atoms with van der Waals surface area (Å²) >= 11 is 0. The van der Waals surface area contributed by atoms with Crippen molar-refractivity contribution in [3.05, 3.63) is 29.8 Å². The quantitative estimate of drug-likeness (QED) is 0.617. The van der Waals surface area contributed by atoms with Crippen LogP contribution in [0.25, 0.3) is 0 Å². The Balaban J connectivity index is 1.55. The molecule has 0 aliphatic carbocycles. The third kappa shape index (κ3) is 6.61. The first-order valence-electron chi connectivity index (χ1n) is 10.7. The summed E-state index contributed by atoms with van der Waals surface area (Å²) in [5.74, 6) is -0.270. The highest BCUT2D eigenvalue weighted by molar-refractivity contribution is 5.97. The number of carbonyl (C=O) groups excluding carboxylic acids is 2. The van der Waals surface area contributed by atoms with Crippen molar-refractivity contribution in [2.45, 2.75) is 57.3 Å². The molecule has 2 heterocycles. The van der Waals surface area contributed by atoms with Gasteiger partial charge in [-0.1, -0.05) is 12.1 Å². The fourth-order valence-corrected chi connectivity index (χ4v) is 3.63. The number of rotatable bonds is 9. The molecule has 0 bridgehead atoms. The number of ether oxygens (including phenoxy) is 2. The minimum absolute atomic E-state index is 0.0476. The lowest BCUT2D eigenvalue weighted by atomic mass is 10.0. The molecule has 7 nitrogen and oxygen atoms in total. The normalized spacial score (nSPS) is 20.2. The van der Waals surface area contributed by atoms with Crippen molar-refractivity contribution in [1.82, 2.24) is 15.5 Å². The second kappa shape index (κ2) is 10.4. The number of benzene rings is 1. The Kier molecular flexibility index (Phi) is 7.83. The van der Waals surface area contributed by atoms with Gasteiger partial charge in [0, 0.05) is 32.3 Å². The molecule has 3 rings (SSSR count). The summed E-state index contributed by atoms with van der Waals surface area (Å²) in [6, 6.07) is 6.70. The Bertz CT molecular complexity index is 763. The van der Waals surface area contributed by atoms with Gasteiger partial charge in [0.2, 0.25) is 0 Å². The number of para-hydroxylation sites is 1. The Morgan fingerprint density at radius 1 is 1.23 bits per heavy atom. The van der Waals surface area contributed by atoms with E-state index in [1.165, 1.54) is 0 Å². The Morgan fingerprint density at radius 3 is 2.52 bits per heavy atom. The molecule has 2 N–H and O–H groups in total. The van der Waals surface area contributed by atoms with E-state index < -0.39 is 12.0 Å². The van der Waals surface area contributed by atoms with Crippen LogP contribution in [0.15, 0.2) is 24.3 Å². The van der Waals surface area contributed by atoms with Crippen LogP contribution in [0, 0.1) is 0 Å². The van der Waals surface area contributed by atoms with Crippen molar-refractivity contribution in [3.63, 3.8) is 0 Å². The molecule has 1 aromatic carbocycles. The number of likely N-dealkylation sites (tertiary alicyclic amines) is 1. The van der Waals surface area contributed by atoms with E-state index in [9.17, 15) is 18.4 Å². The summed E-state index contributed by atoms with van der Waals surface area (Å²) in [6.07, 6.45) is -0.163. The van der Waals surface area contributed by atoms with Gasteiger partial charge in [-0.3, -0.25) is 14.5 Å². The summed E-state index contributed by atoms with van der Waals surface area (Å²) in [5.41, 5.74) is -0.865. The van der Waals surface area contributed by atoms with E-state index in [2.05, 4.69) is 10.6 Å². The number of carbonyl (C=O) groups is 2. The van der Waals surface area contributed by atoms with Crippen molar-refractivity contribution in [3.8, 4) is 5.75 Å². The van der Waals surface area contributed by atoms with Crippen LogP contribution in [-0.2, 0) is 9.53 Å². The van der Waals surface area contributed by atoms with Gasteiger partial charge in [0.25, 0.3) is 18.2 Å². The molecule has 2 fully saturated rings. The molecule has 0 spiro atoms. The predicted molar refractivity (Wildman–Crippen MR) is 111 cm³/mol. The van der Waals surface area contributed by atoms with Gasteiger partial charge in [-0.15, -0.1) is 0 Å². The Labute approximate surface area is 181 Å². The van der Waals surface area contributed by atoms with Crippen LogP contribution < -0.4 is 15.4 Å². The molecule has 2 amide bonds. The zero-order valence-corrected chi connectivity index (χ0v) is 18.0. The molecule has 2 aliphatic rings. The highest BCUT2D eigenvalue weighted by Crippen LogP contribution is 2.24. The number of halogens is 2. The van der Waals surface area contributed by atoms with Crippen molar-refractivity contribution >= 4 is 11.8 Å². The fraction of sp³-hybridized carbons (Fsp3) is 0.636. The number of hydrogen-bond donors (Lipinski definition) is 2. The van der Waals surface area contributed by atoms with E-state index in [0.717, 1.165) is 13.0 Å². The monoisotopic (exact) mass is 439 g/mol. The van der Waals surface area contributed by atoms with E-state index in [1.54, 1.807) is 43.0 Å². The van der Waals surface area contributed by atoms with E-state index in [-0.39, 0.29) is 30.5 Å². The van der Waals surface area contributed by atoms with Gasteiger partial charge in [0.05, 0.1) is 18.2 Å². The molecule has 1 atom stereocenters. The third-order valence-corrected chi connectivity index (χ3v) is 5.65. The summed E-state index contributed by atoms with van der Waals surface area (Å²) < 4.78 is 36.3. The lowest BCUT2D eigenvalue weighted by Gasteiger charge is -2.34. The largest absolute Gasteiger partial charge is 0.477 e. The van der Waals surface area contributed by atoms with Gasteiger partial charge in [-0.2, -0.15) is 0 Å². The fourth-order valence-electron chi connectivity index (χ4n) is 3.63. The lowest BCUT2D eigenvalue weighted by Crippen LogP contribution is -2.53. The zero-order valence-electron chi connectivity index (χ0n) is 18.0. The van der Waals surface area contributed by atoms with Gasteiger partial charge < -0.3 is 20.1 Å². The lowest BCUT2D eigenvalue weighted by molar-refractivity contribution is -0.135. The van der Waals surface area contributed by atoms with Gasteiger partial charge in [-0.25, -0.2) is 8.78 Å². The van der Waals surface area contributed by atoms with Crippen LogP contribution in [-0.4, -0.2) is 73.7 Å². The Hall–Kier alpha value is -2.26. The molecule has 0 saturated carbocycles. The molecule has 31 heavy (non-hydrogen) atoms. The van der Waals surface area contributed by atoms with E-state index in [0.29, 0.717) is 43.8 Å². The molecule has 9 heteroatoms. The molecule has 0 radical (unpaired) electrons. The minimum atomic E-state index is -2.35. The van der Waals surface area contributed by atoms with Crippen molar-refractivity contribution < 1.29 is 27.8 Å². The first-order valence-corrected chi connectivity index (χ1v) is 10.7. The Morgan fingerprint density at radius 2 is 1.90 bits per heavy atom. The second-order valence-corrected chi connectivity index (χ2v) is 8.54. The number of nitrogens with zero attached hydrogens (tertiary/aromatic N) is 1. The molecule has 1 aromatic rings. The van der Waals surface area contributed by atoms with Gasteiger partial charge in [0.1, 0.15) is 5.75 Å².